The van der Waals surface area contributed by atoms with E-state index in [9.17, 15) is 24.3 Å². The van der Waals surface area contributed by atoms with Crippen molar-refractivity contribution in [2.75, 3.05) is 11.5 Å². The highest BCUT2D eigenvalue weighted by molar-refractivity contribution is 7.80. The van der Waals surface area contributed by atoms with Gasteiger partial charge < -0.3 is 31.8 Å². The van der Waals surface area contributed by atoms with Crippen LogP contribution in [0.25, 0.3) is 10.9 Å². The molecule has 1 heterocycles. The van der Waals surface area contributed by atoms with Crippen LogP contribution in [-0.2, 0) is 25.6 Å². The van der Waals surface area contributed by atoms with E-state index in [4.69, 9.17) is 5.73 Å². The second-order valence-corrected chi connectivity index (χ2v) is 9.42. The minimum absolute atomic E-state index is 0.0553. The van der Waals surface area contributed by atoms with Gasteiger partial charge in [-0.3, -0.25) is 14.4 Å². The molecule has 4 atom stereocenters. The largest absolute Gasteiger partial charge is 0.480 e. The van der Waals surface area contributed by atoms with Gasteiger partial charge in [0.25, 0.3) is 0 Å². The lowest BCUT2D eigenvalue weighted by molar-refractivity contribution is -0.141. The van der Waals surface area contributed by atoms with Crippen molar-refractivity contribution in [1.82, 2.24) is 20.9 Å². The lowest BCUT2D eigenvalue weighted by Crippen LogP contribution is -2.58. The van der Waals surface area contributed by atoms with Crippen LogP contribution in [0.1, 0.15) is 25.8 Å². The molecule has 0 aliphatic heterocycles. The van der Waals surface area contributed by atoms with Crippen LogP contribution in [0.3, 0.4) is 0 Å². The van der Waals surface area contributed by atoms with E-state index in [1.807, 2.05) is 38.1 Å². The van der Waals surface area contributed by atoms with Gasteiger partial charge in [-0.15, -0.1) is 0 Å². The Morgan fingerprint density at radius 3 is 2.14 bits per heavy atom. The number of nitrogens with two attached hydrogens (primary N) is 1. The summed E-state index contributed by atoms with van der Waals surface area (Å²) in [7, 11) is 0. The zero-order valence-corrected chi connectivity index (χ0v) is 21.4. The summed E-state index contributed by atoms with van der Waals surface area (Å²) >= 11 is 8.01. The Morgan fingerprint density at radius 2 is 1.54 bits per heavy atom. The Hall–Kier alpha value is -2.70. The number of hydrogen-bond acceptors (Lipinski definition) is 7. The van der Waals surface area contributed by atoms with E-state index < -0.39 is 47.9 Å². The summed E-state index contributed by atoms with van der Waals surface area (Å²) in [6.45, 7) is 3.79. The van der Waals surface area contributed by atoms with Crippen molar-refractivity contribution in [3.8, 4) is 0 Å². The van der Waals surface area contributed by atoms with E-state index in [1.165, 1.54) is 0 Å². The van der Waals surface area contributed by atoms with E-state index in [2.05, 4.69) is 46.2 Å². The average Bonchev–Trinajstić information content (AvgIpc) is 3.23. The van der Waals surface area contributed by atoms with Crippen molar-refractivity contribution in [2.24, 2.45) is 11.7 Å². The molecule has 0 fully saturated rings. The number of aromatic amines is 1. The Bertz CT molecular complexity index is 1040. The lowest BCUT2D eigenvalue weighted by atomic mass is 10.0. The van der Waals surface area contributed by atoms with Crippen LogP contribution in [0, 0.1) is 5.92 Å². The second-order valence-electron chi connectivity index (χ2n) is 8.69. The highest BCUT2D eigenvalue weighted by Crippen LogP contribution is 2.19. The first-order valence-electron chi connectivity index (χ1n) is 11.2. The van der Waals surface area contributed by atoms with Crippen LogP contribution in [0.2, 0.25) is 0 Å². The minimum Gasteiger partial charge on any atom is -0.480 e. The molecule has 4 unspecified atom stereocenters. The zero-order chi connectivity index (χ0) is 26.1. The van der Waals surface area contributed by atoms with Crippen molar-refractivity contribution in [3.05, 3.63) is 36.0 Å². The van der Waals surface area contributed by atoms with Crippen LogP contribution in [0.15, 0.2) is 30.5 Å². The summed E-state index contributed by atoms with van der Waals surface area (Å²) in [5.74, 6) is -2.98. The predicted molar refractivity (Wildman–Crippen MR) is 141 cm³/mol. The van der Waals surface area contributed by atoms with Gasteiger partial charge in [0.2, 0.25) is 17.7 Å². The molecule has 2 rings (SSSR count). The fraction of sp³-hybridized carbons (Fsp3) is 0.478. The topological polar surface area (TPSA) is 166 Å². The van der Waals surface area contributed by atoms with E-state index in [0.717, 1.165) is 16.5 Å². The first-order valence-corrected chi connectivity index (χ1v) is 12.5. The summed E-state index contributed by atoms with van der Waals surface area (Å²) in [5, 5.41) is 17.9. The monoisotopic (exact) mass is 523 g/mol. The van der Waals surface area contributed by atoms with E-state index in [-0.39, 0.29) is 23.8 Å². The number of thiol groups is 2. The van der Waals surface area contributed by atoms with Crippen LogP contribution in [0.5, 0.6) is 0 Å². The molecule has 10 nitrogen and oxygen atoms in total. The fourth-order valence-electron chi connectivity index (χ4n) is 3.52. The van der Waals surface area contributed by atoms with Gasteiger partial charge in [0.15, 0.2) is 0 Å². The van der Waals surface area contributed by atoms with Gasteiger partial charge in [-0.05, 0) is 24.0 Å². The number of carbonyl (C=O) groups is 4. The molecule has 3 amide bonds. The molecule has 192 valence electrons. The number of amides is 3. The molecule has 1 aromatic heterocycles. The fourth-order valence-corrected chi connectivity index (χ4v) is 3.94. The minimum atomic E-state index is -1.24. The lowest BCUT2D eigenvalue weighted by Gasteiger charge is -2.25. The molecule has 0 bridgehead atoms. The molecule has 12 heteroatoms. The molecule has 0 spiro atoms. The number of benzene rings is 1. The molecular formula is C23H33N5O5S2. The molecule has 7 N–H and O–H groups in total. The van der Waals surface area contributed by atoms with Crippen LogP contribution in [-0.4, -0.2) is 69.5 Å². The maximum absolute atomic E-state index is 13.2. The summed E-state index contributed by atoms with van der Waals surface area (Å²) in [5.41, 5.74) is 7.36. The summed E-state index contributed by atoms with van der Waals surface area (Å²) in [6.07, 6.45) is 2.15. The molecule has 0 saturated heterocycles. The van der Waals surface area contributed by atoms with Gasteiger partial charge in [0.1, 0.15) is 18.1 Å². The van der Waals surface area contributed by atoms with Crippen LogP contribution >= 0.6 is 25.3 Å². The smallest absolute Gasteiger partial charge is 0.327 e. The number of hydrogen-bond donors (Lipinski definition) is 8. The van der Waals surface area contributed by atoms with Gasteiger partial charge in [0, 0.05) is 35.0 Å². The molecule has 35 heavy (non-hydrogen) atoms. The first-order chi connectivity index (χ1) is 16.6. The molecule has 0 saturated carbocycles. The van der Waals surface area contributed by atoms with E-state index >= 15 is 0 Å². The van der Waals surface area contributed by atoms with Crippen molar-refractivity contribution in [3.63, 3.8) is 0 Å². The first kappa shape index (κ1) is 28.5. The molecule has 0 aliphatic rings. The number of carboxylic acid groups (broad SMARTS) is 1. The number of fused-ring (bicyclic) bond motifs is 1. The zero-order valence-electron chi connectivity index (χ0n) is 19.7. The highest BCUT2D eigenvalue weighted by Gasteiger charge is 2.31. The number of aromatic nitrogens is 1. The number of rotatable bonds is 13. The normalized spacial score (nSPS) is 14.7. The number of carbonyl (C=O) groups excluding carboxylic acids is 3. The second kappa shape index (κ2) is 13.4. The van der Waals surface area contributed by atoms with Gasteiger partial charge in [0.05, 0.1) is 6.04 Å². The van der Waals surface area contributed by atoms with Gasteiger partial charge in [-0.25, -0.2) is 4.79 Å². The summed E-state index contributed by atoms with van der Waals surface area (Å²) in [4.78, 5) is 53.2. The van der Waals surface area contributed by atoms with E-state index in [0.29, 0.717) is 6.42 Å². The quantitative estimate of drug-likeness (QED) is 0.178. The Balaban J connectivity index is 2.30. The van der Waals surface area contributed by atoms with Gasteiger partial charge in [-0.1, -0.05) is 32.0 Å². The molecular weight excluding hydrogens is 490 g/mol. The number of nitrogens with one attached hydrogen (secondary N) is 4. The number of aliphatic carboxylic acids is 1. The van der Waals surface area contributed by atoms with Crippen molar-refractivity contribution in [1.29, 1.82) is 0 Å². The van der Waals surface area contributed by atoms with Crippen LogP contribution < -0.4 is 21.7 Å². The Labute approximate surface area is 215 Å². The molecule has 1 aromatic carbocycles. The number of para-hydroxylation sites is 1. The van der Waals surface area contributed by atoms with Crippen LogP contribution in [0.4, 0.5) is 0 Å². The third-order valence-electron chi connectivity index (χ3n) is 5.40. The van der Waals surface area contributed by atoms with Gasteiger partial charge in [-0.2, -0.15) is 25.3 Å². The molecule has 0 aliphatic carbocycles. The number of H-pyrrole nitrogens is 1. The molecule has 2 aromatic rings. The maximum Gasteiger partial charge on any atom is 0.327 e. The van der Waals surface area contributed by atoms with E-state index in [1.54, 1.807) is 6.20 Å². The van der Waals surface area contributed by atoms with Crippen molar-refractivity contribution >= 4 is 59.9 Å². The average molecular weight is 524 g/mol. The standard InChI is InChI=1S/C23H33N5O5S2/c1-12(2)7-17(26-20(29)15(24)10-34)21(30)27-18(22(31)28-19(11-35)23(32)33)8-13-9-25-16-6-4-3-5-14(13)16/h3-6,9,12,15,17-19,25,34-35H,7-8,10-11,24H2,1-2H3,(H,26,29)(H,27,30)(H,28,31)(H,32,33). The SMILES string of the molecule is CC(C)CC(NC(=O)C(N)CS)C(=O)NC(Cc1c[nH]c2ccccc12)C(=O)NC(CS)C(=O)O. The molecule has 0 radical (unpaired) electrons. The Morgan fingerprint density at radius 1 is 0.943 bits per heavy atom. The maximum atomic E-state index is 13.2. The number of carboxylic acids is 1. The van der Waals surface area contributed by atoms with Crippen molar-refractivity contribution in [2.45, 2.75) is 50.9 Å². The van der Waals surface area contributed by atoms with Gasteiger partial charge >= 0.3 is 5.97 Å². The third kappa shape index (κ3) is 8.18. The summed E-state index contributed by atoms with van der Waals surface area (Å²) in [6, 6.07) is 3.33. The Kier molecular flexibility index (Phi) is 10.9. The predicted octanol–water partition coefficient (Wildman–Crippen LogP) is 0.482. The highest BCUT2D eigenvalue weighted by atomic mass is 32.1. The van der Waals surface area contributed by atoms with Crippen molar-refractivity contribution < 1.29 is 24.3 Å². The third-order valence-corrected chi connectivity index (χ3v) is 6.16. The summed E-state index contributed by atoms with van der Waals surface area (Å²) < 4.78 is 0.